The van der Waals surface area contributed by atoms with E-state index in [1.165, 1.54) is 27.2 Å². The first-order valence-corrected chi connectivity index (χ1v) is 8.70. The van der Waals surface area contributed by atoms with Crippen LogP contribution in [0.25, 0.3) is 0 Å². The van der Waals surface area contributed by atoms with Crippen molar-refractivity contribution in [2.45, 2.75) is 19.8 Å². The molecule has 0 saturated carbocycles. The van der Waals surface area contributed by atoms with E-state index in [4.69, 9.17) is 24.7 Å². The Morgan fingerprint density at radius 1 is 1.41 bits per heavy atom. The topological polar surface area (TPSA) is 124 Å². The first kappa shape index (κ1) is 20.5. The molecule has 0 amide bonds. The summed E-state index contributed by atoms with van der Waals surface area (Å²) in [5.74, 6) is -1.63. The van der Waals surface area contributed by atoms with Gasteiger partial charge in [-0.2, -0.15) is 5.26 Å². The second-order valence-electron chi connectivity index (χ2n) is 5.48. The van der Waals surface area contributed by atoms with Crippen molar-refractivity contribution in [1.82, 2.24) is 0 Å². The smallest absolute Gasteiger partial charge is 0.338 e. The molecule has 9 heteroatoms. The summed E-state index contributed by atoms with van der Waals surface area (Å²) in [4.78, 5) is 12.6. The molecule has 3 N–H and O–H groups in total. The second-order valence-corrected chi connectivity index (χ2v) is 6.33. The minimum Gasteiger partial charge on any atom is -0.504 e. The Balaban J connectivity index is 2.81. The highest BCUT2D eigenvalue weighted by Crippen LogP contribution is 2.51. The standard InChI is InChI=1S/C18H19BrN2O6/c1-5-26-18(23)12-8(2)27-17(21)10(7-20)13(12)9-6-11(19)15(24-3)16(25-4)14(9)22/h6,13,22H,5,21H2,1-4H3. The van der Waals surface area contributed by atoms with Crippen LogP contribution in [-0.2, 0) is 14.3 Å². The molecule has 144 valence electrons. The number of nitriles is 1. The number of aromatic hydroxyl groups is 1. The summed E-state index contributed by atoms with van der Waals surface area (Å²) in [6.07, 6.45) is 0. The number of ether oxygens (including phenoxy) is 4. The van der Waals surface area contributed by atoms with Gasteiger partial charge in [0, 0.05) is 5.56 Å². The first-order valence-electron chi connectivity index (χ1n) is 7.91. The van der Waals surface area contributed by atoms with Gasteiger partial charge < -0.3 is 29.8 Å². The molecule has 0 aromatic heterocycles. The molecule has 8 nitrogen and oxygen atoms in total. The average molecular weight is 439 g/mol. The van der Waals surface area contributed by atoms with Crippen molar-refractivity contribution >= 4 is 21.9 Å². The van der Waals surface area contributed by atoms with Crippen molar-refractivity contribution in [3.8, 4) is 23.3 Å². The highest BCUT2D eigenvalue weighted by molar-refractivity contribution is 9.10. The number of hydrogen-bond acceptors (Lipinski definition) is 8. The van der Waals surface area contributed by atoms with Crippen molar-refractivity contribution in [3.63, 3.8) is 0 Å². The molecule has 1 aliphatic rings. The van der Waals surface area contributed by atoms with Crippen LogP contribution in [0.5, 0.6) is 17.2 Å². The van der Waals surface area contributed by atoms with Crippen molar-refractivity contribution in [3.05, 3.63) is 38.9 Å². The van der Waals surface area contributed by atoms with Crippen LogP contribution >= 0.6 is 15.9 Å². The fourth-order valence-electron chi connectivity index (χ4n) is 2.88. The molecule has 0 saturated heterocycles. The van der Waals surface area contributed by atoms with E-state index in [1.54, 1.807) is 6.92 Å². The summed E-state index contributed by atoms with van der Waals surface area (Å²) >= 11 is 3.35. The molecule has 0 aliphatic carbocycles. The number of nitrogens with zero attached hydrogens (tertiary/aromatic N) is 1. The minimum absolute atomic E-state index is 0.0296. The van der Waals surface area contributed by atoms with Crippen molar-refractivity contribution in [2.75, 3.05) is 20.8 Å². The quantitative estimate of drug-likeness (QED) is 0.672. The third-order valence-electron chi connectivity index (χ3n) is 4.01. The molecule has 27 heavy (non-hydrogen) atoms. The maximum atomic E-state index is 12.6. The third kappa shape index (κ3) is 3.53. The Kier molecular flexibility index (Phi) is 6.23. The van der Waals surface area contributed by atoms with Gasteiger partial charge in [-0.1, -0.05) is 0 Å². The number of rotatable bonds is 5. The largest absolute Gasteiger partial charge is 0.504 e. The number of hydrogen-bond donors (Lipinski definition) is 2. The summed E-state index contributed by atoms with van der Waals surface area (Å²) < 4.78 is 21.4. The van der Waals surface area contributed by atoms with Gasteiger partial charge in [0.05, 0.1) is 36.8 Å². The lowest BCUT2D eigenvalue weighted by molar-refractivity contribution is -0.139. The van der Waals surface area contributed by atoms with Crippen LogP contribution in [0.15, 0.2) is 33.3 Å². The number of carbonyl (C=O) groups is 1. The van der Waals surface area contributed by atoms with Gasteiger partial charge in [0.2, 0.25) is 11.6 Å². The summed E-state index contributed by atoms with van der Waals surface area (Å²) in [5, 5.41) is 20.4. The van der Waals surface area contributed by atoms with Crippen molar-refractivity contribution in [1.29, 1.82) is 5.26 Å². The molecular formula is C18H19BrN2O6. The lowest BCUT2D eigenvalue weighted by Gasteiger charge is -2.28. The molecule has 2 rings (SSSR count). The Morgan fingerprint density at radius 2 is 2.04 bits per heavy atom. The van der Waals surface area contributed by atoms with Crippen LogP contribution < -0.4 is 15.2 Å². The summed E-state index contributed by atoms with van der Waals surface area (Å²) in [6.45, 7) is 3.32. The summed E-state index contributed by atoms with van der Waals surface area (Å²) in [5.41, 5.74) is 6.11. The predicted octanol–water partition coefficient (Wildman–Crippen LogP) is 2.82. The van der Waals surface area contributed by atoms with E-state index < -0.39 is 11.9 Å². The Morgan fingerprint density at radius 3 is 2.56 bits per heavy atom. The third-order valence-corrected chi connectivity index (χ3v) is 4.60. The van der Waals surface area contributed by atoms with E-state index in [0.29, 0.717) is 4.47 Å². The highest BCUT2D eigenvalue weighted by Gasteiger charge is 2.39. The molecule has 1 unspecified atom stereocenters. The second kappa shape index (κ2) is 8.22. The van der Waals surface area contributed by atoms with Gasteiger partial charge in [0.25, 0.3) is 0 Å². The van der Waals surface area contributed by atoms with Crippen LogP contribution in [-0.4, -0.2) is 31.9 Å². The van der Waals surface area contributed by atoms with Gasteiger partial charge in [-0.25, -0.2) is 4.79 Å². The number of benzene rings is 1. The average Bonchev–Trinajstić information content (AvgIpc) is 2.62. The van der Waals surface area contributed by atoms with Gasteiger partial charge in [-0.05, 0) is 35.8 Å². The van der Waals surface area contributed by atoms with Crippen LogP contribution in [0.3, 0.4) is 0 Å². The molecular weight excluding hydrogens is 420 g/mol. The van der Waals surface area contributed by atoms with E-state index >= 15 is 0 Å². The minimum atomic E-state index is -1.00. The Labute approximate surface area is 164 Å². The number of methoxy groups -OCH3 is 2. The number of halogens is 1. The monoisotopic (exact) mass is 438 g/mol. The lowest BCUT2D eigenvalue weighted by Crippen LogP contribution is -2.25. The van der Waals surface area contributed by atoms with Crippen LogP contribution in [0, 0.1) is 11.3 Å². The van der Waals surface area contributed by atoms with E-state index in [1.807, 2.05) is 6.07 Å². The number of allylic oxidation sites excluding steroid dienone is 2. The van der Waals surface area contributed by atoms with Gasteiger partial charge in [0.15, 0.2) is 11.5 Å². The summed E-state index contributed by atoms with van der Waals surface area (Å²) in [6, 6.07) is 3.48. The fraction of sp³-hybridized carbons (Fsp3) is 0.333. The molecule has 1 aliphatic heterocycles. The first-order chi connectivity index (χ1) is 12.8. The molecule has 1 heterocycles. The molecule has 1 aromatic rings. The van der Waals surface area contributed by atoms with Crippen LogP contribution in [0.2, 0.25) is 0 Å². The van der Waals surface area contributed by atoms with Gasteiger partial charge in [0.1, 0.15) is 17.4 Å². The van der Waals surface area contributed by atoms with Gasteiger partial charge in [-0.15, -0.1) is 0 Å². The summed E-state index contributed by atoms with van der Waals surface area (Å²) in [7, 11) is 2.78. The van der Waals surface area contributed by atoms with Gasteiger partial charge in [-0.3, -0.25) is 0 Å². The van der Waals surface area contributed by atoms with E-state index in [-0.39, 0.29) is 52.2 Å². The predicted molar refractivity (Wildman–Crippen MR) is 98.9 cm³/mol. The Bertz CT molecular complexity index is 885. The lowest BCUT2D eigenvalue weighted by atomic mass is 9.82. The molecule has 0 radical (unpaired) electrons. The van der Waals surface area contributed by atoms with Gasteiger partial charge >= 0.3 is 5.97 Å². The maximum absolute atomic E-state index is 12.6. The fourth-order valence-corrected chi connectivity index (χ4v) is 3.47. The zero-order valence-electron chi connectivity index (χ0n) is 15.3. The molecule has 1 aromatic carbocycles. The van der Waals surface area contributed by atoms with E-state index in [9.17, 15) is 15.2 Å². The number of carbonyl (C=O) groups excluding carboxylic acids is 1. The molecule has 0 bridgehead atoms. The number of phenols is 1. The molecule has 1 atom stereocenters. The maximum Gasteiger partial charge on any atom is 0.338 e. The van der Waals surface area contributed by atoms with Crippen molar-refractivity contribution in [2.24, 2.45) is 5.73 Å². The van der Waals surface area contributed by atoms with Crippen LogP contribution in [0.4, 0.5) is 0 Å². The zero-order valence-corrected chi connectivity index (χ0v) is 16.8. The van der Waals surface area contributed by atoms with E-state index in [0.717, 1.165) is 0 Å². The number of esters is 1. The molecule has 0 fully saturated rings. The SMILES string of the molecule is CCOC(=O)C1=C(C)OC(N)=C(C#N)C1c1cc(Br)c(OC)c(OC)c1O. The normalized spacial score (nSPS) is 16.5. The highest BCUT2D eigenvalue weighted by atomic mass is 79.9. The van der Waals surface area contributed by atoms with Crippen molar-refractivity contribution < 1.29 is 28.8 Å². The zero-order chi connectivity index (χ0) is 20.3. The molecule has 0 spiro atoms. The Hall–Kier alpha value is -2.86. The van der Waals surface area contributed by atoms with Crippen LogP contribution in [0.1, 0.15) is 25.3 Å². The van der Waals surface area contributed by atoms with E-state index in [2.05, 4.69) is 15.9 Å². The number of phenolic OH excluding ortho intramolecular Hbond substituents is 1. The number of nitrogens with two attached hydrogens (primary N) is 1.